The first kappa shape index (κ1) is 40.9. The Hall–Kier alpha value is -4.32. The van der Waals surface area contributed by atoms with E-state index in [1.54, 1.807) is 6.21 Å². The van der Waals surface area contributed by atoms with Crippen LogP contribution >= 0.6 is 0 Å². The molecule has 2 aromatic rings. The van der Waals surface area contributed by atoms with Crippen molar-refractivity contribution in [3.8, 4) is 11.5 Å². The molecule has 272 valence electrons. The Balaban J connectivity index is 1.39. The quantitative estimate of drug-likeness (QED) is 0.0185. The van der Waals surface area contributed by atoms with E-state index in [9.17, 15) is 27.5 Å². The van der Waals surface area contributed by atoms with Crippen molar-refractivity contribution in [2.24, 2.45) is 15.9 Å². The van der Waals surface area contributed by atoms with E-state index in [0.29, 0.717) is 70.4 Å². The number of nitrogens with two attached hydrogens (primary N) is 1. The molecule has 0 radical (unpaired) electrons. The van der Waals surface area contributed by atoms with E-state index in [-0.39, 0.29) is 44.4 Å². The lowest BCUT2D eigenvalue weighted by Crippen LogP contribution is -2.29. The number of urea groups is 1. The number of nitrogens with one attached hydrogen (secondary N) is 3. The highest BCUT2D eigenvalue weighted by molar-refractivity contribution is 6.30. The van der Waals surface area contributed by atoms with Crippen molar-refractivity contribution >= 4 is 29.5 Å². The molecular formula is C32H43F4N6O7-. The second-order valence-electron chi connectivity index (χ2n) is 10.2. The van der Waals surface area contributed by atoms with Crippen LogP contribution in [0.15, 0.2) is 34.4 Å². The lowest BCUT2D eigenvalue weighted by atomic mass is 10.1. The largest absolute Gasteiger partial charge is 0.872 e. The smallest absolute Gasteiger partial charge is 0.319 e. The van der Waals surface area contributed by atoms with Gasteiger partial charge in [0.15, 0.2) is 23.3 Å². The molecule has 0 fully saturated rings. The fourth-order valence-corrected chi connectivity index (χ4v) is 3.96. The van der Waals surface area contributed by atoms with Crippen LogP contribution in [0.3, 0.4) is 0 Å². The third-order valence-corrected chi connectivity index (χ3v) is 6.51. The van der Waals surface area contributed by atoms with Crippen LogP contribution in [0.25, 0.3) is 0 Å². The Kier molecular flexibility index (Phi) is 19.9. The van der Waals surface area contributed by atoms with Crippen molar-refractivity contribution in [2.45, 2.75) is 39.0 Å². The summed E-state index contributed by atoms with van der Waals surface area (Å²) in [5.74, 6) is -3.10. The molecule has 0 heterocycles. The van der Waals surface area contributed by atoms with Crippen LogP contribution in [0.1, 0.15) is 38.2 Å². The number of hydrogen-bond donors (Lipinski definition) is 4. The lowest BCUT2D eigenvalue weighted by Gasteiger charge is -2.13. The monoisotopic (exact) mass is 699 g/mol. The van der Waals surface area contributed by atoms with Gasteiger partial charge in [0.1, 0.15) is 0 Å². The number of ether oxygens (including phenoxy) is 5. The Morgan fingerprint density at radius 2 is 1.47 bits per heavy atom. The van der Waals surface area contributed by atoms with Gasteiger partial charge in [-0.1, -0.05) is 19.1 Å². The van der Waals surface area contributed by atoms with Gasteiger partial charge in [0.05, 0.1) is 65.1 Å². The number of anilines is 1. The minimum absolute atomic E-state index is 0.0176. The van der Waals surface area contributed by atoms with E-state index in [1.165, 1.54) is 31.2 Å². The van der Waals surface area contributed by atoms with Gasteiger partial charge >= 0.3 is 6.03 Å². The maximum absolute atomic E-state index is 14.2. The number of aliphatic imine (C=N–C) groups is 1. The molecular weight excluding hydrogens is 656 g/mol. The first-order valence-corrected chi connectivity index (χ1v) is 15.7. The van der Waals surface area contributed by atoms with Crippen molar-refractivity contribution in [3.05, 3.63) is 53.1 Å². The standard InChI is InChI=1S/C32H44F4N6O7/c1-2-25-27(33)29(35)30(36)31(28(25)34)49-26(37)10-13-45-15-17-47-19-20-48-18-16-46-14-12-39-21-23(42-38)5-3-4-11-40-32(44)41-22-6-8-24(43)9-7-22/h6-9,21,37,43H,2-5,10-20,38H2,1H3,(H2,40,41,44)/p-1/b37-26?,39-21?,42-23-. The molecule has 5 N–H and O–H groups in total. The molecule has 49 heavy (non-hydrogen) atoms. The number of benzene rings is 2. The first-order valence-electron chi connectivity index (χ1n) is 15.7. The van der Waals surface area contributed by atoms with Crippen LogP contribution in [0, 0.1) is 28.7 Å². The average Bonchev–Trinajstić information content (AvgIpc) is 3.09. The van der Waals surface area contributed by atoms with Crippen LogP contribution in [0.4, 0.5) is 28.0 Å². The molecule has 0 aliphatic rings. The topological polar surface area (TPSA) is 185 Å². The van der Waals surface area contributed by atoms with E-state index >= 15 is 0 Å². The zero-order chi connectivity index (χ0) is 35.9. The molecule has 0 aromatic heterocycles. The summed E-state index contributed by atoms with van der Waals surface area (Å²) >= 11 is 0. The molecule has 17 heteroatoms. The van der Waals surface area contributed by atoms with Crippen LogP contribution in [0.2, 0.25) is 0 Å². The van der Waals surface area contributed by atoms with Gasteiger partial charge in [-0.3, -0.25) is 10.4 Å². The molecule has 0 saturated heterocycles. The summed E-state index contributed by atoms with van der Waals surface area (Å²) in [5, 5.41) is 27.9. The Morgan fingerprint density at radius 1 is 0.857 bits per heavy atom. The summed E-state index contributed by atoms with van der Waals surface area (Å²) in [7, 11) is 0. The van der Waals surface area contributed by atoms with Gasteiger partial charge < -0.3 is 45.3 Å². The zero-order valence-electron chi connectivity index (χ0n) is 27.3. The minimum atomic E-state index is -1.85. The number of nitrogens with zero attached hydrogens (tertiary/aromatic N) is 2. The predicted octanol–water partition coefficient (Wildman–Crippen LogP) is 4.07. The number of halogens is 4. The van der Waals surface area contributed by atoms with Crippen molar-refractivity contribution < 1.29 is 51.1 Å². The number of rotatable bonds is 24. The van der Waals surface area contributed by atoms with Crippen LogP contribution < -0.4 is 26.3 Å². The van der Waals surface area contributed by atoms with E-state index in [1.807, 2.05) is 0 Å². The van der Waals surface area contributed by atoms with Crippen LogP contribution in [-0.2, 0) is 25.4 Å². The Bertz CT molecular complexity index is 1370. The van der Waals surface area contributed by atoms with Crippen LogP contribution in [0.5, 0.6) is 11.5 Å². The second-order valence-corrected chi connectivity index (χ2v) is 10.2. The van der Waals surface area contributed by atoms with E-state index in [0.717, 1.165) is 6.42 Å². The molecule has 0 aliphatic carbocycles. The molecule has 2 amide bonds. The van der Waals surface area contributed by atoms with Crippen molar-refractivity contribution in [1.82, 2.24) is 5.32 Å². The fraction of sp³-hybridized carbons (Fsp3) is 0.500. The molecule has 13 nitrogen and oxygen atoms in total. The van der Waals surface area contributed by atoms with E-state index in [4.69, 9.17) is 34.9 Å². The van der Waals surface area contributed by atoms with Crippen molar-refractivity contribution in [2.75, 3.05) is 71.3 Å². The highest BCUT2D eigenvalue weighted by atomic mass is 19.2. The van der Waals surface area contributed by atoms with Gasteiger partial charge in [0.2, 0.25) is 11.6 Å². The Labute approximate surface area is 282 Å². The van der Waals surface area contributed by atoms with Gasteiger partial charge in [-0.2, -0.15) is 9.49 Å². The summed E-state index contributed by atoms with van der Waals surface area (Å²) in [6, 6.07) is 5.47. The van der Waals surface area contributed by atoms with E-state index < -0.39 is 40.5 Å². The molecule has 0 bridgehead atoms. The van der Waals surface area contributed by atoms with Gasteiger partial charge in [-0.15, -0.1) is 5.75 Å². The molecule has 0 saturated carbocycles. The van der Waals surface area contributed by atoms with Gasteiger partial charge in [-0.25, -0.2) is 18.0 Å². The third kappa shape index (κ3) is 16.1. The minimum Gasteiger partial charge on any atom is -0.872 e. The van der Waals surface area contributed by atoms with Gasteiger partial charge in [-0.05, 0) is 37.8 Å². The molecule has 0 aliphatic heterocycles. The fourth-order valence-electron chi connectivity index (χ4n) is 3.96. The predicted molar refractivity (Wildman–Crippen MR) is 174 cm³/mol. The van der Waals surface area contributed by atoms with E-state index in [2.05, 4.69) is 20.7 Å². The normalized spacial score (nSPS) is 11.7. The molecule has 0 unspecified atom stereocenters. The molecule has 2 aromatic carbocycles. The zero-order valence-corrected chi connectivity index (χ0v) is 27.3. The second kappa shape index (κ2) is 23.9. The Morgan fingerprint density at radius 3 is 2.08 bits per heavy atom. The molecule has 2 rings (SSSR count). The number of carbonyl (C=O) groups excluding carboxylic acids is 1. The number of hydrazone groups is 1. The number of unbranched alkanes of at least 4 members (excludes halogenated alkanes) is 1. The summed E-state index contributed by atoms with van der Waals surface area (Å²) in [4.78, 5) is 16.1. The summed E-state index contributed by atoms with van der Waals surface area (Å²) in [5.41, 5.74) is 0.505. The molecule has 0 spiro atoms. The average molecular weight is 700 g/mol. The number of hydrogen-bond acceptors (Lipinski definition) is 11. The SMILES string of the molecule is CCc1c(F)c(F)c(F)c(OC(=N)CCOCCOCCOCCOCCN=C/C(CCCCNC(=O)Nc2ccc([O-])cc2)=N\N)c1F. The summed E-state index contributed by atoms with van der Waals surface area (Å²) in [6.45, 7) is 4.40. The van der Waals surface area contributed by atoms with Crippen molar-refractivity contribution in [1.29, 1.82) is 5.41 Å². The van der Waals surface area contributed by atoms with Crippen LogP contribution in [-0.4, -0.2) is 89.8 Å². The number of carbonyl (C=O) groups is 1. The summed E-state index contributed by atoms with van der Waals surface area (Å²) in [6.07, 6.45) is 3.28. The maximum atomic E-state index is 14.2. The van der Waals surface area contributed by atoms with Gasteiger partial charge in [0.25, 0.3) is 0 Å². The highest BCUT2D eigenvalue weighted by Gasteiger charge is 2.26. The highest BCUT2D eigenvalue weighted by Crippen LogP contribution is 2.30. The maximum Gasteiger partial charge on any atom is 0.319 e. The van der Waals surface area contributed by atoms with Crippen molar-refractivity contribution in [3.63, 3.8) is 0 Å². The lowest BCUT2D eigenvalue weighted by molar-refractivity contribution is -0.268. The first-order chi connectivity index (χ1) is 23.7. The molecule has 0 atom stereocenters. The summed E-state index contributed by atoms with van der Waals surface area (Å²) < 4.78 is 81.7. The number of amides is 2. The third-order valence-electron chi connectivity index (χ3n) is 6.51. The van der Waals surface area contributed by atoms with Gasteiger partial charge in [0, 0.05) is 30.4 Å².